The van der Waals surface area contributed by atoms with Crippen molar-refractivity contribution in [3.05, 3.63) is 71.8 Å². The van der Waals surface area contributed by atoms with Crippen molar-refractivity contribution in [3.8, 4) is 11.1 Å². The van der Waals surface area contributed by atoms with Crippen LogP contribution in [0.3, 0.4) is 0 Å². The molecule has 4 nitrogen and oxygen atoms in total. The highest BCUT2D eigenvalue weighted by Gasteiger charge is 2.44. The number of alkyl halides is 3. The van der Waals surface area contributed by atoms with Crippen LogP contribution in [-0.2, 0) is 7.05 Å². The van der Waals surface area contributed by atoms with Gasteiger partial charge in [-0.3, -0.25) is 9.48 Å². The van der Waals surface area contributed by atoms with E-state index in [4.69, 9.17) is 0 Å². The van der Waals surface area contributed by atoms with Crippen LogP contribution in [0.15, 0.2) is 48.8 Å². The van der Waals surface area contributed by atoms with Crippen molar-refractivity contribution in [1.82, 2.24) is 9.78 Å². The van der Waals surface area contributed by atoms with Crippen LogP contribution in [0.25, 0.3) is 11.1 Å². The number of rotatable bonds is 3. The van der Waals surface area contributed by atoms with Crippen molar-refractivity contribution in [2.75, 3.05) is 4.90 Å². The van der Waals surface area contributed by atoms with Crippen molar-refractivity contribution in [2.45, 2.75) is 6.30 Å². The maximum Gasteiger partial charge on any atom is 0.491 e. The number of amides is 1. The lowest BCUT2D eigenvalue weighted by molar-refractivity contribution is -0.122. The molecule has 0 fully saturated rings. The summed E-state index contributed by atoms with van der Waals surface area (Å²) in [6.07, 6.45) is -3.23. The van der Waals surface area contributed by atoms with Gasteiger partial charge in [-0.1, -0.05) is 6.07 Å². The molecule has 0 saturated carbocycles. The van der Waals surface area contributed by atoms with Gasteiger partial charge in [0, 0.05) is 18.8 Å². The lowest BCUT2D eigenvalue weighted by Crippen LogP contribution is -2.43. The predicted octanol–water partition coefficient (Wildman–Crippen LogP) is 4.67. The number of halogens is 6. The third kappa shape index (κ3) is 3.71. The zero-order valence-corrected chi connectivity index (χ0v) is 14.1. The standard InChI is InChI=1S/C18H11F6N3O/c1-26-9-11(8-25-26)17(28)27(18(22,23)24)16-7-12(19)3-4-13(16)10-2-5-14(20)15(21)6-10/h2-9H,1H3. The van der Waals surface area contributed by atoms with Gasteiger partial charge >= 0.3 is 6.30 Å². The summed E-state index contributed by atoms with van der Waals surface area (Å²) in [6.45, 7) is 0. The Bertz CT molecular complexity index is 1040. The molecule has 10 heteroatoms. The SMILES string of the molecule is Cn1cc(C(=O)N(c2cc(F)ccc2-c2ccc(F)c(F)c2)C(F)(F)F)cn1. The van der Waals surface area contributed by atoms with E-state index in [0.29, 0.717) is 12.1 Å². The van der Waals surface area contributed by atoms with E-state index in [1.54, 1.807) is 0 Å². The molecule has 3 rings (SSSR count). The third-order valence-electron chi connectivity index (χ3n) is 3.84. The average molecular weight is 399 g/mol. The van der Waals surface area contributed by atoms with Gasteiger partial charge in [-0.2, -0.15) is 5.10 Å². The Balaban J connectivity index is 2.21. The molecule has 0 unspecified atom stereocenters. The van der Waals surface area contributed by atoms with Gasteiger partial charge in [0.05, 0.1) is 17.4 Å². The van der Waals surface area contributed by atoms with Crippen LogP contribution in [-0.4, -0.2) is 22.0 Å². The van der Waals surface area contributed by atoms with Crippen molar-refractivity contribution in [3.63, 3.8) is 0 Å². The fraction of sp³-hybridized carbons (Fsp3) is 0.111. The number of anilines is 1. The highest BCUT2D eigenvalue weighted by molar-refractivity contribution is 6.08. The van der Waals surface area contributed by atoms with Crippen LogP contribution in [0.4, 0.5) is 32.0 Å². The smallest absolute Gasteiger partial charge is 0.275 e. The number of hydrogen-bond donors (Lipinski definition) is 0. The molecule has 0 atom stereocenters. The summed E-state index contributed by atoms with van der Waals surface area (Å²) in [4.78, 5) is 12.0. The van der Waals surface area contributed by atoms with Gasteiger partial charge in [-0.15, -0.1) is 13.2 Å². The van der Waals surface area contributed by atoms with Crippen LogP contribution in [0.1, 0.15) is 10.4 Å². The molecule has 0 aliphatic carbocycles. The normalized spacial score (nSPS) is 11.5. The van der Waals surface area contributed by atoms with Gasteiger partial charge in [0.15, 0.2) is 11.6 Å². The van der Waals surface area contributed by atoms with Gasteiger partial charge in [0.2, 0.25) is 0 Å². The maximum atomic E-state index is 13.8. The molecule has 0 radical (unpaired) electrons. The van der Waals surface area contributed by atoms with E-state index in [0.717, 1.165) is 41.3 Å². The maximum absolute atomic E-state index is 13.8. The molecule has 1 amide bonds. The zero-order chi connectivity index (χ0) is 20.6. The Hall–Kier alpha value is -3.30. The minimum Gasteiger partial charge on any atom is -0.275 e. The quantitative estimate of drug-likeness (QED) is 0.474. The first-order valence-electron chi connectivity index (χ1n) is 7.73. The molecule has 0 saturated heterocycles. The fourth-order valence-electron chi connectivity index (χ4n) is 2.62. The molecule has 1 aromatic heterocycles. The molecule has 28 heavy (non-hydrogen) atoms. The summed E-state index contributed by atoms with van der Waals surface area (Å²) in [5.41, 5.74) is -1.73. The molecular formula is C18H11F6N3O. The van der Waals surface area contributed by atoms with Crippen LogP contribution in [0.2, 0.25) is 0 Å². The molecule has 0 N–H and O–H groups in total. The summed E-state index contributed by atoms with van der Waals surface area (Å²) in [5.74, 6) is -5.05. The molecular weight excluding hydrogens is 388 g/mol. The molecule has 0 spiro atoms. The van der Waals surface area contributed by atoms with E-state index in [1.165, 1.54) is 7.05 Å². The number of nitrogens with zero attached hydrogens (tertiary/aromatic N) is 3. The molecule has 2 aromatic carbocycles. The Kier molecular flexibility index (Phi) is 4.88. The first-order chi connectivity index (χ1) is 13.1. The predicted molar refractivity (Wildman–Crippen MR) is 87.8 cm³/mol. The van der Waals surface area contributed by atoms with Crippen LogP contribution in [0, 0.1) is 17.5 Å². The van der Waals surface area contributed by atoms with E-state index < -0.39 is 40.2 Å². The van der Waals surface area contributed by atoms with Crippen LogP contribution < -0.4 is 4.90 Å². The van der Waals surface area contributed by atoms with Gasteiger partial charge < -0.3 is 0 Å². The molecule has 1 heterocycles. The lowest BCUT2D eigenvalue weighted by Gasteiger charge is -2.27. The van der Waals surface area contributed by atoms with Crippen LogP contribution >= 0.6 is 0 Å². The van der Waals surface area contributed by atoms with Gasteiger partial charge in [0.25, 0.3) is 5.91 Å². The summed E-state index contributed by atoms with van der Waals surface area (Å²) in [6, 6.07) is 4.71. The van der Waals surface area contributed by atoms with Gasteiger partial charge in [0.1, 0.15) is 5.82 Å². The second-order valence-electron chi connectivity index (χ2n) is 5.80. The molecule has 0 aliphatic rings. The lowest BCUT2D eigenvalue weighted by atomic mass is 10.0. The highest BCUT2D eigenvalue weighted by atomic mass is 19.4. The van der Waals surface area contributed by atoms with Crippen molar-refractivity contribution in [1.29, 1.82) is 0 Å². The van der Waals surface area contributed by atoms with Crippen molar-refractivity contribution < 1.29 is 31.1 Å². The molecule has 146 valence electrons. The van der Waals surface area contributed by atoms with E-state index in [2.05, 4.69) is 5.10 Å². The summed E-state index contributed by atoms with van der Waals surface area (Å²) < 4.78 is 82.9. The number of hydrogen-bond acceptors (Lipinski definition) is 2. The molecule has 0 bridgehead atoms. The second-order valence-corrected chi connectivity index (χ2v) is 5.80. The fourth-order valence-corrected chi connectivity index (χ4v) is 2.62. The number of aryl methyl sites for hydroxylation is 1. The average Bonchev–Trinajstić information content (AvgIpc) is 3.03. The van der Waals surface area contributed by atoms with Gasteiger partial charge in [-0.05, 0) is 35.9 Å². The number of carbonyl (C=O) groups is 1. The van der Waals surface area contributed by atoms with Gasteiger partial charge in [-0.25, -0.2) is 18.1 Å². The Morgan fingerprint density at radius 1 is 1.04 bits per heavy atom. The third-order valence-corrected chi connectivity index (χ3v) is 3.84. The Morgan fingerprint density at radius 3 is 2.32 bits per heavy atom. The second kappa shape index (κ2) is 7.02. The Morgan fingerprint density at radius 2 is 1.75 bits per heavy atom. The highest BCUT2D eigenvalue weighted by Crippen LogP contribution is 2.38. The first kappa shape index (κ1) is 19.5. The summed E-state index contributed by atoms with van der Waals surface area (Å²) in [5, 5.41) is 3.65. The topological polar surface area (TPSA) is 38.1 Å². The number of carbonyl (C=O) groups excluding carboxylic acids is 1. The minimum atomic E-state index is -5.23. The van der Waals surface area contributed by atoms with E-state index in [-0.39, 0.29) is 16.7 Å². The largest absolute Gasteiger partial charge is 0.491 e. The monoisotopic (exact) mass is 399 g/mol. The minimum absolute atomic E-state index is 0.165. The molecule has 0 aliphatic heterocycles. The summed E-state index contributed by atoms with van der Waals surface area (Å²) in [7, 11) is 1.41. The van der Waals surface area contributed by atoms with Crippen molar-refractivity contribution >= 4 is 11.6 Å². The van der Waals surface area contributed by atoms with E-state index >= 15 is 0 Å². The van der Waals surface area contributed by atoms with Crippen molar-refractivity contribution in [2.24, 2.45) is 7.05 Å². The van der Waals surface area contributed by atoms with E-state index in [9.17, 15) is 31.1 Å². The number of aromatic nitrogens is 2. The number of benzene rings is 2. The molecule has 3 aromatic rings. The van der Waals surface area contributed by atoms with E-state index in [1.807, 2.05) is 0 Å². The summed E-state index contributed by atoms with van der Waals surface area (Å²) >= 11 is 0. The zero-order valence-electron chi connectivity index (χ0n) is 14.1. The first-order valence-corrected chi connectivity index (χ1v) is 7.73. The Labute approximate surface area is 154 Å². The van der Waals surface area contributed by atoms with Crippen LogP contribution in [0.5, 0.6) is 0 Å².